The van der Waals surface area contributed by atoms with Crippen LogP contribution in [-0.4, -0.2) is 33.1 Å². The fraction of sp³-hybridized carbons (Fsp3) is 0.312. The zero-order valence-corrected chi connectivity index (χ0v) is 13.5. The van der Waals surface area contributed by atoms with Crippen LogP contribution in [-0.2, 0) is 16.1 Å². The number of anilines is 1. The van der Waals surface area contributed by atoms with Crippen molar-refractivity contribution < 1.29 is 33.0 Å². The van der Waals surface area contributed by atoms with E-state index in [2.05, 4.69) is 19.9 Å². The number of hydrogen-bond donors (Lipinski definition) is 2. The van der Waals surface area contributed by atoms with Gasteiger partial charge < -0.3 is 19.9 Å². The Morgan fingerprint density at radius 1 is 1.42 bits per heavy atom. The molecule has 0 saturated carbocycles. The number of nitrogens with one attached hydrogen (secondary N) is 1. The first kappa shape index (κ1) is 16.3. The van der Waals surface area contributed by atoms with Crippen molar-refractivity contribution in [3.63, 3.8) is 0 Å². The average Bonchev–Trinajstić information content (AvgIpc) is 3.00. The summed E-state index contributed by atoms with van der Waals surface area (Å²) >= 11 is 0. The van der Waals surface area contributed by atoms with E-state index in [0.717, 1.165) is 0 Å². The van der Waals surface area contributed by atoms with Crippen molar-refractivity contribution in [1.29, 1.82) is 0 Å². The molecule has 2 aromatic rings. The summed E-state index contributed by atoms with van der Waals surface area (Å²) in [5.74, 6) is -1.79. The van der Waals surface area contributed by atoms with Crippen LogP contribution in [0.5, 0.6) is 11.5 Å². The number of carbonyl (C=O) groups excluding carboxylic acids is 1. The van der Waals surface area contributed by atoms with Crippen LogP contribution >= 0.6 is 0 Å². The summed E-state index contributed by atoms with van der Waals surface area (Å²) < 4.78 is 36.5. The Labute approximate surface area is 145 Å². The van der Waals surface area contributed by atoms with Gasteiger partial charge in [0.25, 0.3) is 0 Å². The van der Waals surface area contributed by atoms with Gasteiger partial charge in [-0.2, -0.15) is 5.10 Å². The fourth-order valence-electron chi connectivity index (χ4n) is 3.32. The van der Waals surface area contributed by atoms with Crippen molar-refractivity contribution in [3.05, 3.63) is 35.0 Å². The van der Waals surface area contributed by atoms with Gasteiger partial charge in [0.15, 0.2) is 11.5 Å². The molecule has 0 saturated heterocycles. The van der Waals surface area contributed by atoms with E-state index in [1.165, 1.54) is 16.8 Å². The number of rotatable bonds is 3. The second kappa shape index (κ2) is 5.41. The normalized spacial score (nSPS) is 19.8. The van der Waals surface area contributed by atoms with Crippen LogP contribution in [0.25, 0.3) is 0 Å². The Kier molecular flexibility index (Phi) is 3.40. The molecule has 10 heteroatoms. The molecule has 0 fully saturated rings. The Hall–Kier alpha value is -3.17. The van der Waals surface area contributed by atoms with E-state index in [9.17, 15) is 18.4 Å². The predicted molar refractivity (Wildman–Crippen MR) is 82.3 cm³/mol. The molecule has 136 valence electrons. The van der Waals surface area contributed by atoms with Crippen LogP contribution in [0.1, 0.15) is 29.2 Å². The lowest BCUT2D eigenvalue weighted by molar-refractivity contribution is -0.286. The number of nitrogens with zero attached hydrogens (tertiary/aromatic N) is 2. The first-order chi connectivity index (χ1) is 12.2. The fourth-order valence-corrected chi connectivity index (χ4v) is 3.32. The van der Waals surface area contributed by atoms with Gasteiger partial charge in [-0.3, -0.25) is 9.59 Å². The summed E-state index contributed by atoms with van der Waals surface area (Å²) in [6.45, 7) is 1.29. The Morgan fingerprint density at radius 2 is 2.15 bits per heavy atom. The standard InChI is InChI=1S/C16H13F2N3O5/c1-7-14-9(5-12(22)19-15(14)21(20-7)6-13(23)24)8-2-3-10-11(4-8)26-16(17,18)25-10/h2-4,9H,5-6H2,1H3,(H,19,22)(H,23,24)/t9-/m1/s1. The van der Waals surface area contributed by atoms with Crippen LogP contribution in [0.2, 0.25) is 0 Å². The summed E-state index contributed by atoms with van der Waals surface area (Å²) in [6, 6.07) is 4.33. The van der Waals surface area contributed by atoms with Crippen molar-refractivity contribution in [2.75, 3.05) is 5.32 Å². The van der Waals surface area contributed by atoms with E-state index < -0.39 is 24.7 Å². The van der Waals surface area contributed by atoms with Crippen molar-refractivity contribution >= 4 is 17.7 Å². The van der Waals surface area contributed by atoms with Gasteiger partial charge in [0, 0.05) is 17.9 Å². The van der Waals surface area contributed by atoms with E-state index in [-0.39, 0.29) is 23.8 Å². The predicted octanol–water partition coefficient (Wildman–Crippen LogP) is 2.07. The summed E-state index contributed by atoms with van der Waals surface area (Å²) in [5.41, 5.74) is 1.77. The third kappa shape index (κ3) is 2.63. The minimum Gasteiger partial charge on any atom is -0.480 e. The minimum atomic E-state index is -3.72. The number of carboxylic acid groups (broad SMARTS) is 1. The molecule has 0 bridgehead atoms. The van der Waals surface area contributed by atoms with Gasteiger partial charge >= 0.3 is 12.3 Å². The maximum Gasteiger partial charge on any atom is 0.586 e. The molecule has 1 aromatic carbocycles. The topological polar surface area (TPSA) is 103 Å². The largest absolute Gasteiger partial charge is 0.586 e. The molecule has 0 unspecified atom stereocenters. The molecule has 3 heterocycles. The number of amides is 1. The van der Waals surface area contributed by atoms with Gasteiger partial charge in [-0.05, 0) is 24.6 Å². The number of hydrogen-bond acceptors (Lipinski definition) is 5. The maximum atomic E-state index is 13.2. The Bertz CT molecular complexity index is 940. The molecular weight excluding hydrogens is 352 g/mol. The highest BCUT2D eigenvalue weighted by Gasteiger charge is 2.44. The van der Waals surface area contributed by atoms with Crippen molar-refractivity contribution in [2.24, 2.45) is 0 Å². The molecule has 26 heavy (non-hydrogen) atoms. The van der Waals surface area contributed by atoms with Crippen LogP contribution in [0.4, 0.5) is 14.6 Å². The first-order valence-corrected chi connectivity index (χ1v) is 7.72. The van der Waals surface area contributed by atoms with Crippen LogP contribution in [0.3, 0.4) is 0 Å². The quantitative estimate of drug-likeness (QED) is 0.863. The van der Waals surface area contributed by atoms with Gasteiger partial charge in [-0.1, -0.05) is 6.07 Å². The van der Waals surface area contributed by atoms with E-state index in [0.29, 0.717) is 22.6 Å². The summed E-state index contributed by atoms with van der Waals surface area (Å²) in [6.07, 6.45) is -3.65. The zero-order valence-electron chi connectivity index (χ0n) is 13.5. The van der Waals surface area contributed by atoms with Crippen LogP contribution in [0.15, 0.2) is 18.2 Å². The molecule has 0 radical (unpaired) electrons. The number of fused-ring (bicyclic) bond motifs is 2. The number of ether oxygens (including phenoxy) is 2. The molecule has 1 aromatic heterocycles. The molecule has 2 aliphatic heterocycles. The summed E-state index contributed by atoms with van der Waals surface area (Å²) in [4.78, 5) is 23.1. The van der Waals surface area contributed by atoms with Crippen LogP contribution in [0, 0.1) is 6.92 Å². The smallest absolute Gasteiger partial charge is 0.480 e. The molecule has 0 spiro atoms. The molecule has 8 nitrogen and oxygen atoms in total. The number of aromatic nitrogens is 2. The molecule has 2 N–H and O–H groups in total. The lowest BCUT2D eigenvalue weighted by Crippen LogP contribution is -2.26. The monoisotopic (exact) mass is 365 g/mol. The van der Waals surface area contributed by atoms with E-state index in [1.54, 1.807) is 13.0 Å². The Balaban J connectivity index is 1.77. The van der Waals surface area contributed by atoms with E-state index in [1.807, 2.05) is 0 Å². The van der Waals surface area contributed by atoms with Crippen molar-refractivity contribution in [1.82, 2.24) is 9.78 Å². The average molecular weight is 365 g/mol. The SMILES string of the molecule is Cc1nn(CC(=O)O)c2c1[C@@H](c1ccc3c(c1)OC(F)(F)O3)CC(=O)N2. The number of carbonyl (C=O) groups is 2. The highest BCUT2D eigenvalue weighted by molar-refractivity contribution is 5.95. The lowest BCUT2D eigenvalue weighted by atomic mass is 9.85. The van der Waals surface area contributed by atoms with Crippen molar-refractivity contribution in [2.45, 2.75) is 32.1 Å². The van der Waals surface area contributed by atoms with Gasteiger partial charge in [0.05, 0.1) is 5.69 Å². The molecule has 4 rings (SSSR count). The lowest BCUT2D eigenvalue weighted by Gasteiger charge is -2.24. The molecule has 1 atom stereocenters. The first-order valence-electron chi connectivity index (χ1n) is 7.72. The number of alkyl halides is 2. The highest BCUT2D eigenvalue weighted by atomic mass is 19.3. The molecule has 1 amide bonds. The number of benzene rings is 1. The third-order valence-corrected chi connectivity index (χ3v) is 4.28. The third-order valence-electron chi connectivity index (χ3n) is 4.28. The number of aliphatic carboxylic acids is 1. The number of carboxylic acids is 1. The van der Waals surface area contributed by atoms with Gasteiger partial charge in [0.1, 0.15) is 12.4 Å². The maximum absolute atomic E-state index is 13.2. The number of aryl methyl sites for hydroxylation is 1. The zero-order chi connectivity index (χ0) is 18.6. The number of halogens is 2. The second-order valence-electron chi connectivity index (χ2n) is 6.08. The van der Waals surface area contributed by atoms with Crippen LogP contribution < -0.4 is 14.8 Å². The molecule has 0 aliphatic carbocycles. The molecular formula is C16H13F2N3O5. The highest BCUT2D eigenvalue weighted by Crippen LogP contribution is 2.45. The summed E-state index contributed by atoms with van der Waals surface area (Å²) in [5, 5.41) is 15.8. The molecule has 2 aliphatic rings. The van der Waals surface area contributed by atoms with Crippen molar-refractivity contribution in [3.8, 4) is 11.5 Å². The Morgan fingerprint density at radius 3 is 2.88 bits per heavy atom. The van der Waals surface area contributed by atoms with Gasteiger partial charge in [-0.15, -0.1) is 8.78 Å². The second-order valence-corrected chi connectivity index (χ2v) is 6.08. The summed E-state index contributed by atoms with van der Waals surface area (Å²) in [7, 11) is 0. The van der Waals surface area contributed by atoms with Gasteiger partial charge in [0.2, 0.25) is 5.91 Å². The van der Waals surface area contributed by atoms with E-state index in [4.69, 9.17) is 5.11 Å². The van der Waals surface area contributed by atoms with Gasteiger partial charge in [-0.25, -0.2) is 4.68 Å². The minimum absolute atomic E-state index is 0.0721. The van der Waals surface area contributed by atoms with E-state index >= 15 is 0 Å².